The quantitative estimate of drug-likeness (QED) is 0.144. The van der Waals surface area contributed by atoms with Gasteiger partial charge in [-0.15, -0.1) is 0 Å². The van der Waals surface area contributed by atoms with Crippen molar-refractivity contribution in [2.45, 2.75) is 51.4 Å². The molecule has 5 nitrogen and oxygen atoms in total. The zero-order chi connectivity index (χ0) is 29.6. The van der Waals surface area contributed by atoms with E-state index in [4.69, 9.17) is 0 Å². The topological polar surface area (TPSA) is 53.9 Å². The maximum Gasteiger partial charge on any atom is 0.418 e. The van der Waals surface area contributed by atoms with Crippen molar-refractivity contribution in [1.82, 2.24) is 19.9 Å². The average Bonchev–Trinajstić information content (AvgIpc) is 2.93. The third kappa shape index (κ3) is 7.93. The maximum atomic E-state index is 13.7. The summed E-state index contributed by atoms with van der Waals surface area (Å²) in [6.45, 7) is 3.73. The second-order valence-electron chi connectivity index (χ2n) is 9.93. The number of pyridine rings is 1. The predicted octanol–water partition coefficient (Wildman–Crippen LogP) is 8.53. The molecule has 0 amide bonds. The first kappa shape index (κ1) is 30.2. The minimum absolute atomic E-state index is 0.217. The minimum Gasteiger partial charge on any atom is -0.340 e. The van der Waals surface area contributed by atoms with Gasteiger partial charge in [0.2, 0.25) is 0 Å². The van der Waals surface area contributed by atoms with Crippen molar-refractivity contribution in [3.63, 3.8) is 0 Å². The summed E-state index contributed by atoms with van der Waals surface area (Å²) in [4.78, 5) is 15.4. The summed E-state index contributed by atoms with van der Waals surface area (Å²) in [7, 11) is 2.01. The number of likely N-dealkylation sites (N-methyl/N-ethyl adjacent to an activating group) is 1. The number of unbranched alkanes of at least 4 members (excludes halogenated alkanes) is 3. The van der Waals surface area contributed by atoms with Gasteiger partial charge in [-0.25, -0.2) is 9.97 Å². The number of benzene rings is 2. The number of aromatic nitrogens is 3. The lowest BCUT2D eigenvalue weighted by Crippen LogP contribution is -2.23. The van der Waals surface area contributed by atoms with E-state index in [0.717, 1.165) is 44.0 Å². The number of nitrogens with one attached hydrogen (secondary N) is 1. The van der Waals surface area contributed by atoms with Crippen molar-refractivity contribution < 1.29 is 26.3 Å². The van der Waals surface area contributed by atoms with Gasteiger partial charge in [0.25, 0.3) is 0 Å². The van der Waals surface area contributed by atoms with Crippen LogP contribution in [0.5, 0.6) is 0 Å². The van der Waals surface area contributed by atoms with E-state index in [1.165, 1.54) is 42.9 Å². The molecule has 41 heavy (non-hydrogen) atoms. The molecular formula is C30H31F6N5. The Bertz CT molecular complexity index is 1450. The molecule has 0 aliphatic rings. The van der Waals surface area contributed by atoms with E-state index in [1.807, 2.05) is 7.05 Å². The van der Waals surface area contributed by atoms with Crippen LogP contribution in [0.1, 0.15) is 49.6 Å². The fourth-order valence-corrected chi connectivity index (χ4v) is 4.49. The number of fused-ring (bicyclic) bond motifs is 1. The SMILES string of the molecule is CCCCCCN(C)CCc1nc(Nc2ccc(C(F)(F)F)cc2)c2ccc(-c3ncccc3C(F)(F)F)cc2n1. The lowest BCUT2D eigenvalue weighted by atomic mass is 10.0. The standard InChI is InChI=1S/C30H31F6N5/c1-3-4-5-6-17-41(2)18-15-26-39-25-19-20(27-24(30(34,35)36)8-7-16-37-27)9-14-23(25)28(40-26)38-22-12-10-21(11-13-22)29(31,32)33/h7-14,16,19H,3-6,15,17-18H2,1-2H3,(H,38,39,40). The molecule has 0 saturated carbocycles. The maximum absolute atomic E-state index is 13.7. The molecule has 2 aromatic heterocycles. The molecule has 0 aliphatic heterocycles. The Kier molecular flexibility index (Phi) is 9.47. The normalized spacial score (nSPS) is 12.3. The Balaban J connectivity index is 1.69. The van der Waals surface area contributed by atoms with Crippen LogP contribution in [0.3, 0.4) is 0 Å². The van der Waals surface area contributed by atoms with E-state index in [-0.39, 0.29) is 11.3 Å². The van der Waals surface area contributed by atoms with Crippen molar-refractivity contribution in [1.29, 1.82) is 0 Å². The Morgan fingerprint density at radius 2 is 1.59 bits per heavy atom. The summed E-state index contributed by atoms with van der Waals surface area (Å²) < 4.78 is 80.1. The molecule has 0 unspecified atom stereocenters. The first-order valence-electron chi connectivity index (χ1n) is 13.4. The highest BCUT2D eigenvalue weighted by Crippen LogP contribution is 2.37. The number of halogens is 6. The Morgan fingerprint density at radius 3 is 2.27 bits per heavy atom. The van der Waals surface area contributed by atoms with Crippen LogP contribution in [-0.4, -0.2) is 40.0 Å². The fourth-order valence-electron chi connectivity index (χ4n) is 4.49. The van der Waals surface area contributed by atoms with Crippen molar-refractivity contribution in [2.24, 2.45) is 0 Å². The molecule has 218 valence electrons. The zero-order valence-corrected chi connectivity index (χ0v) is 22.8. The van der Waals surface area contributed by atoms with Gasteiger partial charge in [-0.2, -0.15) is 26.3 Å². The van der Waals surface area contributed by atoms with Gasteiger partial charge in [-0.3, -0.25) is 4.98 Å². The van der Waals surface area contributed by atoms with E-state index < -0.39 is 23.5 Å². The minimum atomic E-state index is -4.59. The van der Waals surface area contributed by atoms with E-state index in [2.05, 4.69) is 32.1 Å². The van der Waals surface area contributed by atoms with Gasteiger partial charge in [-0.1, -0.05) is 32.3 Å². The molecule has 0 bridgehead atoms. The average molecular weight is 576 g/mol. The fraction of sp³-hybridized carbons (Fsp3) is 0.367. The van der Waals surface area contributed by atoms with Gasteiger partial charge < -0.3 is 10.2 Å². The van der Waals surface area contributed by atoms with E-state index >= 15 is 0 Å². The Labute approximate surface area is 234 Å². The second-order valence-corrected chi connectivity index (χ2v) is 9.93. The summed E-state index contributed by atoms with van der Waals surface area (Å²) in [5.74, 6) is 0.806. The number of alkyl halides is 6. The van der Waals surface area contributed by atoms with Crippen LogP contribution < -0.4 is 5.32 Å². The molecule has 4 rings (SSSR count). The van der Waals surface area contributed by atoms with Gasteiger partial charge in [-0.05, 0) is 68.5 Å². The van der Waals surface area contributed by atoms with Crippen molar-refractivity contribution in [3.05, 3.63) is 77.7 Å². The summed E-state index contributed by atoms with van der Waals surface area (Å²) >= 11 is 0. The molecular weight excluding hydrogens is 544 g/mol. The molecule has 0 fully saturated rings. The third-order valence-corrected chi connectivity index (χ3v) is 6.72. The number of anilines is 2. The van der Waals surface area contributed by atoms with Crippen molar-refractivity contribution >= 4 is 22.4 Å². The van der Waals surface area contributed by atoms with Gasteiger partial charge in [0.1, 0.15) is 11.6 Å². The summed E-state index contributed by atoms with van der Waals surface area (Å²) in [5, 5.41) is 3.58. The van der Waals surface area contributed by atoms with Crippen LogP contribution in [0.4, 0.5) is 37.8 Å². The molecule has 2 aromatic carbocycles. The highest BCUT2D eigenvalue weighted by atomic mass is 19.4. The van der Waals surface area contributed by atoms with Crippen LogP contribution >= 0.6 is 0 Å². The van der Waals surface area contributed by atoms with Gasteiger partial charge in [0.05, 0.1) is 22.3 Å². The molecule has 0 aliphatic carbocycles. The smallest absolute Gasteiger partial charge is 0.340 e. The molecule has 11 heteroatoms. The van der Waals surface area contributed by atoms with Crippen LogP contribution in [-0.2, 0) is 18.8 Å². The Morgan fingerprint density at radius 1 is 0.829 bits per heavy atom. The highest BCUT2D eigenvalue weighted by molar-refractivity contribution is 5.93. The van der Waals surface area contributed by atoms with Crippen molar-refractivity contribution in [2.75, 3.05) is 25.5 Å². The molecule has 1 N–H and O–H groups in total. The molecule has 0 saturated heterocycles. The summed E-state index contributed by atoms with van der Waals surface area (Å²) in [6, 6.07) is 11.4. The van der Waals surface area contributed by atoms with E-state index in [0.29, 0.717) is 41.2 Å². The first-order valence-corrected chi connectivity index (χ1v) is 13.4. The second kappa shape index (κ2) is 12.8. The number of hydrogen-bond acceptors (Lipinski definition) is 5. The van der Waals surface area contributed by atoms with Gasteiger partial charge in [0, 0.05) is 35.8 Å². The highest BCUT2D eigenvalue weighted by Gasteiger charge is 2.34. The van der Waals surface area contributed by atoms with Crippen molar-refractivity contribution in [3.8, 4) is 11.3 Å². The molecule has 2 heterocycles. The Hall–Kier alpha value is -3.73. The summed E-state index contributed by atoms with van der Waals surface area (Å²) in [5.41, 5.74) is -0.841. The monoisotopic (exact) mass is 575 g/mol. The van der Waals surface area contributed by atoms with Gasteiger partial charge in [0.15, 0.2) is 0 Å². The van der Waals surface area contributed by atoms with Crippen LogP contribution in [0.2, 0.25) is 0 Å². The largest absolute Gasteiger partial charge is 0.418 e. The number of hydrogen-bond donors (Lipinski definition) is 1. The molecule has 0 radical (unpaired) electrons. The van der Waals surface area contributed by atoms with E-state index in [1.54, 1.807) is 6.07 Å². The lowest BCUT2D eigenvalue weighted by Gasteiger charge is -2.17. The van der Waals surface area contributed by atoms with Crippen LogP contribution in [0.25, 0.3) is 22.2 Å². The third-order valence-electron chi connectivity index (χ3n) is 6.72. The molecule has 0 spiro atoms. The van der Waals surface area contributed by atoms with Gasteiger partial charge >= 0.3 is 12.4 Å². The number of rotatable bonds is 11. The van der Waals surface area contributed by atoms with Crippen LogP contribution in [0.15, 0.2) is 60.8 Å². The summed E-state index contributed by atoms with van der Waals surface area (Å²) in [6.07, 6.45) is -2.75. The molecule has 4 aromatic rings. The first-order chi connectivity index (χ1) is 19.5. The lowest BCUT2D eigenvalue weighted by molar-refractivity contribution is -0.138. The molecule has 0 atom stereocenters. The zero-order valence-electron chi connectivity index (χ0n) is 22.8. The van der Waals surface area contributed by atoms with E-state index in [9.17, 15) is 26.3 Å². The van der Waals surface area contributed by atoms with Crippen LogP contribution in [0, 0.1) is 0 Å². The number of nitrogens with zero attached hydrogens (tertiary/aromatic N) is 4. The predicted molar refractivity (Wildman–Crippen MR) is 148 cm³/mol.